The number of rotatable bonds is 8. The van der Waals surface area contributed by atoms with E-state index in [1.807, 2.05) is 0 Å². The van der Waals surface area contributed by atoms with E-state index < -0.39 is 0 Å². The van der Waals surface area contributed by atoms with Crippen molar-refractivity contribution < 1.29 is 0 Å². The van der Waals surface area contributed by atoms with E-state index in [2.05, 4.69) is 57.1 Å². The quantitative estimate of drug-likeness (QED) is 0.445. The first-order valence-electron chi connectivity index (χ1n) is 9.74. The Balaban J connectivity index is 1.26. The molecule has 0 atom stereocenters. The van der Waals surface area contributed by atoms with E-state index in [-0.39, 0.29) is 0 Å². The Labute approximate surface area is 152 Å². The zero-order valence-corrected chi connectivity index (χ0v) is 15.6. The topological polar surface area (TPSA) is 48.1 Å². The molecule has 5 nitrogen and oxygen atoms in total. The van der Waals surface area contributed by atoms with Gasteiger partial charge in [-0.05, 0) is 37.8 Å². The number of guanidine groups is 1. The van der Waals surface area contributed by atoms with Gasteiger partial charge in [0, 0.05) is 52.4 Å². The van der Waals surface area contributed by atoms with Gasteiger partial charge in [0.25, 0.3) is 0 Å². The maximum atomic E-state index is 6.02. The van der Waals surface area contributed by atoms with Crippen molar-refractivity contribution in [3.05, 3.63) is 35.9 Å². The van der Waals surface area contributed by atoms with Crippen molar-refractivity contribution in [1.29, 1.82) is 0 Å². The summed E-state index contributed by atoms with van der Waals surface area (Å²) in [5.74, 6) is 0.719. The van der Waals surface area contributed by atoms with Crippen LogP contribution < -0.4 is 5.73 Å². The summed E-state index contributed by atoms with van der Waals surface area (Å²) in [7, 11) is 2.06. The Morgan fingerprint density at radius 2 is 1.76 bits per heavy atom. The molecule has 0 unspecified atom stereocenters. The van der Waals surface area contributed by atoms with Crippen molar-refractivity contribution >= 4 is 5.96 Å². The molecule has 1 saturated carbocycles. The summed E-state index contributed by atoms with van der Waals surface area (Å²) in [6.07, 6.45) is 4.87. The van der Waals surface area contributed by atoms with Crippen LogP contribution in [0.1, 0.15) is 31.2 Å². The Bertz CT molecular complexity index is 532. The van der Waals surface area contributed by atoms with Crippen molar-refractivity contribution in [2.24, 2.45) is 10.7 Å². The number of hydrogen-bond acceptors (Lipinski definition) is 3. The molecule has 1 aromatic rings. The minimum absolute atomic E-state index is 0.649. The van der Waals surface area contributed by atoms with Gasteiger partial charge in [-0.2, -0.15) is 0 Å². The monoisotopic (exact) mass is 343 g/mol. The van der Waals surface area contributed by atoms with Gasteiger partial charge in [-0.1, -0.05) is 30.3 Å². The standard InChI is InChI=1S/C20H33N5/c1-23(19-9-10-19)20(21)22-11-5-6-12-24-13-15-25(16-14-24)17-18-7-3-2-4-8-18/h2-4,7-8,19H,5-6,9-17H2,1H3,(H2,21,22). The minimum atomic E-state index is 0.649. The largest absolute Gasteiger partial charge is 0.370 e. The SMILES string of the molecule is CN(C(N)=NCCCCN1CCN(Cc2ccccc2)CC1)C1CC1. The van der Waals surface area contributed by atoms with Crippen LogP contribution in [0.25, 0.3) is 0 Å². The molecular weight excluding hydrogens is 310 g/mol. The third-order valence-corrected chi connectivity index (χ3v) is 5.33. The molecule has 2 fully saturated rings. The van der Waals surface area contributed by atoms with E-state index in [1.165, 1.54) is 57.5 Å². The first kappa shape index (κ1) is 18.2. The molecule has 3 rings (SSSR count). The van der Waals surface area contributed by atoms with E-state index in [0.717, 1.165) is 25.5 Å². The Hall–Kier alpha value is -1.59. The molecule has 1 aliphatic heterocycles. The number of aliphatic imine (C=N–C) groups is 1. The predicted molar refractivity (Wildman–Crippen MR) is 105 cm³/mol. The number of benzene rings is 1. The summed E-state index contributed by atoms with van der Waals surface area (Å²) in [6.45, 7) is 7.84. The van der Waals surface area contributed by atoms with E-state index >= 15 is 0 Å². The highest BCUT2D eigenvalue weighted by atomic mass is 15.3. The molecule has 138 valence electrons. The lowest BCUT2D eigenvalue weighted by molar-refractivity contribution is 0.126. The molecule has 2 N–H and O–H groups in total. The molecule has 0 radical (unpaired) electrons. The van der Waals surface area contributed by atoms with Crippen LogP contribution in [0.5, 0.6) is 0 Å². The maximum Gasteiger partial charge on any atom is 0.191 e. The Kier molecular flexibility index (Phi) is 6.70. The van der Waals surface area contributed by atoms with Crippen LogP contribution in [0.4, 0.5) is 0 Å². The molecule has 0 spiro atoms. The van der Waals surface area contributed by atoms with Gasteiger partial charge in [0.1, 0.15) is 0 Å². The highest BCUT2D eigenvalue weighted by Crippen LogP contribution is 2.24. The van der Waals surface area contributed by atoms with Gasteiger partial charge < -0.3 is 15.5 Å². The number of nitrogens with two attached hydrogens (primary N) is 1. The molecule has 25 heavy (non-hydrogen) atoms. The summed E-state index contributed by atoms with van der Waals surface area (Å²) in [5.41, 5.74) is 7.44. The summed E-state index contributed by atoms with van der Waals surface area (Å²) in [5, 5.41) is 0. The number of hydrogen-bond donors (Lipinski definition) is 1. The van der Waals surface area contributed by atoms with Crippen molar-refractivity contribution in [3.63, 3.8) is 0 Å². The number of piperazine rings is 1. The highest BCUT2D eigenvalue weighted by Gasteiger charge is 2.27. The van der Waals surface area contributed by atoms with Crippen LogP contribution in [0.2, 0.25) is 0 Å². The van der Waals surface area contributed by atoms with Crippen molar-refractivity contribution in [3.8, 4) is 0 Å². The molecule has 0 amide bonds. The van der Waals surface area contributed by atoms with Gasteiger partial charge in [0.05, 0.1) is 0 Å². The Morgan fingerprint density at radius 3 is 2.44 bits per heavy atom. The summed E-state index contributed by atoms with van der Waals surface area (Å²) >= 11 is 0. The lowest BCUT2D eigenvalue weighted by Gasteiger charge is -2.34. The van der Waals surface area contributed by atoms with Crippen LogP contribution >= 0.6 is 0 Å². The molecule has 1 heterocycles. The molecule has 1 aliphatic carbocycles. The highest BCUT2D eigenvalue weighted by molar-refractivity contribution is 5.78. The summed E-state index contributed by atoms with van der Waals surface area (Å²) < 4.78 is 0. The lowest BCUT2D eigenvalue weighted by atomic mass is 10.2. The van der Waals surface area contributed by atoms with E-state index in [1.54, 1.807) is 0 Å². The average Bonchev–Trinajstić information content (AvgIpc) is 3.48. The van der Waals surface area contributed by atoms with Crippen molar-refractivity contribution in [2.75, 3.05) is 46.3 Å². The summed E-state index contributed by atoms with van der Waals surface area (Å²) in [6, 6.07) is 11.4. The van der Waals surface area contributed by atoms with E-state index in [4.69, 9.17) is 5.73 Å². The van der Waals surface area contributed by atoms with Gasteiger partial charge >= 0.3 is 0 Å². The van der Waals surface area contributed by atoms with Gasteiger partial charge in [0.15, 0.2) is 5.96 Å². The second kappa shape index (κ2) is 9.20. The van der Waals surface area contributed by atoms with Gasteiger partial charge in [-0.25, -0.2) is 0 Å². The molecule has 2 aliphatic rings. The van der Waals surface area contributed by atoms with Crippen LogP contribution in [-0.4, -0.2) is 73.0 Å². The zero-order chi connectivity index (χ0) is 17.5. The second-order valence-corrected chi connectivity index (χ2v) is 7.39. The fraction of sp³-hybridized carbons (Fsp3) is 0.650. The van der Waals surface area contributed by atoms with Crippen molar-refractivity contribution in [2.45, 2.75) is 38.3 Å². The van der Waals surface area contributed by atoms with Gasteiger partial charge in [0.2, 0.25) is 0 Å². The number of unbranched alkanes of at least 4 members (excludes halogenated alkanes) is 1. The Morgan fingerprint density at radius 1 is 1.08 bits per heavy atom. The van der Waals surface area contributed by atoms with E-state index in [0.29, 0.717) is 6.04 Å². The fourth-order valence-corrected chi connectivity index (χ4v) is 3.41. The molecule has 5 heteroatoms. The smallest absolute Gasteiger partial charge is 0.191 e. The molecule has 0 bridgehead atoms. The molecular formula is C20H33N5. The van der Waals surface area contributed by atoms with Crippen LogP contribution in [-0.2, 0) is 6.54 Å². The van der Waals surface area contributed by atoms with Crippen LogP contribution in [0, 0.1) is 0 Å². The van der Waals surface area contributed by atoms with Crippen LogP contribution in [0.3, 0.4) is 0 Å². The maximum absolute atomic E-state index is 6.02. The fourth-order valence-electron chi connectivity index (χ4n) is 3.41. The van der Waals surface area contributed by atoms with Crippen molar-refractivity contribution in [1.82, 2.24) is 14.7 Å². The molecule has 0 aromatic heterocycles. The van der Waals surface area contributed by atoms with Gasteiger partial charge in [-0.15, -0.1) is 0 Å². The third-order valence-electron chi connectivity index (χ3n) is 5.33. The average molecular weight is 344 g/mol. The zero-order valence-electron chi connectivity index (χ0n) is 15.6. The molecule has 1 aromatic carbocycles. The van der Waals surface area contributed by atoms with Crippen LogP contribution in [0.15, 0.2) is 35.3 Å². The minimum Gasteiger partial charge on any atom is -0.370 e. The predicted octanol–water partition coefficient (Wildman–Crippen LogP) is 1.99. The van der Waals surface area contributed by atoms with E-state index in [9.17, 15) is 0 Å². The van der Waals surface area contributed by atoms with Gasteiger partial charge in [-0.3, -0.25) is 9.89 Å². The molecule has 1 saturated heterocycles. The normalized spacial score (nSPS) is 20.0. The number of nitrogens with zero attached hydrogens (tertiary/aromatic N) is 4. The first-order chi connectivity index (χ1) is 12.2. The lowest BCUT2D eigenvalue weighted by Crippen LogP contribution is -2.46. The second-order valence-electron chi connectivity index (χ2n) is 7.39. The third kappa shape index (κ3) is 6.01. The first-order valence-corrected chi connectivity index (χ1v) is 9.74. The summed E-state index contributed by atoms with van der Waals surface area (Å²) in [4.78, 5) is 11.8.